The molecule has 1 N–H and O–H groups in total. The first kappa shape index (κ1) is 9.58. The smallest absolute Gasteiger partial charge is 0.174 e. The van der Waals surface area contributed by atoms with Crippen molar-refractivity contribution in [3.8, 4) is 0 Å². The molecule has 66 valence electrons. The number of benzene rings is 1. The first-order valence-corrected chi connectivity index (χ1v) is 5.11. The van der Waals surface area contributed by atoms with Crippen LogP contribution in [-0.4, -0.2) is 11.1 Å². The SMILES string of the molecule is CCN[S+]([O-])c1cccc(C)c1. The van der Waals surface area contributed by atoms with Crippen molar-refractivity contribution in [1.82, 2.24) is 4.72 Å². The Morgan fingerprint density at radius 2 is 2.25 bits per heavy atom. The van der Waals surface area contributed by atoms with Crippen molar-refractivity contribution in [3.05, 3.63) is 29.8 Å². The van der Waals surface area contributed by atoms with Gasteiger partial charge >= 0.3 is 0 Å². The molecule has 1 rings (SSSR count). The topological polar surface area (TPSA) is 35.1 Å². The van der Waals surface area contributed by atoms with Gasteiger partial charge in [-0.1, -0.05) is 12.1 Å². The zero-order valence-electron chi connectivity index (χ0n) is 7.33. The largest absolute Gasteiger partial charge is 0.593 e. The first-order chi connectivity index (χ1) is 5.74. The van der Waals surface area contributed by atoms with Crippen LogP contribution in [0.4, 0.5) is 0 Å². The molecular weight excluding hydrogens is 170 g/mol. The molecule has 0 bridgehead atoms. The molecule has 12 heavy (non-hydrogen) atoms. The minimum Gasteiger partial charge on any atom is -0.593 e. The van der Waals surface area contributed by atoms with Gasteiger partial charge in [-0.3, -0.25) is 0 Å². The average Bonchev–Trinajstić information content (AvgIpc) is 2.05. The van der Waals surface area contributed by atoms with Crippen molar-refractivity contribution < 1.29 is 4.55 Å². The predicted octanol–water partition coefficient (Wildman–Crippen LogP) is 1.63. The summed E-state index contributed by atoms with van der Waals surface area (Å²) in [7, 11) is 0. The zero-order valence-corrected chi connectivity index (χ0v) is 8.15. The number of hydrogen-bond acceptors (Lipinski definition) is 2. The molecule has 1 aromatic carbocycles. The Labute approximate surface area is 76.3 Å². The lowest BCUT2D eigenvalue weighted by atomic mass is 10.2. The lowest BCUT2D eigenvalue weighted by molar-refractivity contribution is 0.583. The van der Waals surface area contributed by atoms with Crippen molar-refractivity contribution in [1.29, 1.82) is 0 Å². The molecule has 0 aliphatic rings. The van der Waals surface area contributed by atoms with E-state index in [0.29, 0.717) is 0 Å². The third-order valence-electron chi connectivity index (χ3n) is 1.48. The minimum atomic E-state index is -1.04. The minimum absolute atomic E-state index is 0.723. The highest BCUT2D eigenvalue weighted by atomic mass is 32.2. The third-order valence-corrected chi connectivity index (χ3v) is 2.71. The van der Waals surface area contributed by atoms with Gasteiger partial charge in [0, 0.05) is 6.54 Å². The van der Waals surface area contributed by atoms with Gasteiger partial charge in [-0.15, -0.1) is 4.72 Å². The summed E-state index contributed by atoms with van der Waals surface area (Å²) in [6, 6.07) is 7.71. The van der Waals surface area contributed by atoms with E-state index >= 15 is 0 Å². The van der Waals surface area contributed by atoms with Gasteiger partial charge in [0.05, 0.1) is 11.4 Å². The average molecular weight is 183 g/mol. The van der Waals surface area contributed by atoms with Gasteiger partial charge in [-0.2, -0.15) is 0 Å². The van der Waals surface area contributed by atoms with E-state index in [-0.39, 0.29) is 0 Å². The van der Waals surface area contributed by atoms with Crippen LogP contribution in [0, 0.1) is 6.92 Å². The molecule has 1 atom stereocenters. The molecule has 1 unspecified atom stereocenters. The maximum atomic E-state index is 11.4. The van der Waals surface area contributed by atoms with Crippen LogP contribution in [0.3, 0.4) is 0 Å². The van der Waals surface area contributed by atoms with Gasteiger partial charge in [0.15, 0.2) is 4.90 Å². The normalized spacial score (nSPS) is 12.9. The second-order valence-corrected chi connectivity index (χ2v) is 3.88. The van der Waals surface area contributed by atoms with Gasteiger partial charge < -0.3 is 4.55 Å². The quantitative estimate of drug-likeness (QED) is 0.723. The van der Waals surface area contributed by atoms with Gasteiger partial charge in [-0.05, 0) is 31.5 Å². The molecule has 2 nitrogen and oxygen atoms in total. The standard InChI is InChI=1S/C9H13NOS/c1-3-10-12(11)9-6-4-5-8(2)7-9/h4-7,10H,3H2,1-2H3. The molecule has 3 heteroatoms. The van der Waals surface area contributed by atoms with Crippen LogP contribution < -0.4 is 4.72 Å². The monoisotopic (exact) mass is 183 g/mol. The van der Waals surface area contributed by atoms with Gasteiger partial charge in [0.2, 0.25) is 0 Å². The van der Waals surface area contributed by atoms with E-state index in [2.05, 4.69) is 4.72 Å². The summed E-state index contributed by atoms with van der Waals surface area (Å²) < 4.78 is 14.3. The van der Waals surface area contributed by atoms with Crippen LogP contribution in [0.2, 0.25) is 0 Å². The van der Waals surface area contributed by atoms with Gasteiger partial charge in [0.25, 0.3) is 0 Å². The lowest BCUT2D eigenvalue weighted by Crippen LogP contribution is -2.23. The molecule has 0 aromatic heterocycles. The molecule has 0 aliphatic heterocycles. The van der Waals surface area contributed by atoms with E-state index < -0.39 is 11.4 Å². The van der Waals surface area contributed by atoms with E-state index in [1.54, 1.807) is 0 Å². The first-order valence-electron chi connectivity index (χ1n) is 3.96. The van der Waals surface area contributed by atoms with Crippen molar-refractivity contribution in [2.45, 2.75) is 18.7 Å². The maximum Gasteiger partial charge on any atom is 0.174 e. The number of hydrogen-bond donors (Lipinski definition) is 1. The highest BCUT2D eigenvalue weighted by Gasteiger charge is 2.08. The van der Waals surface area contributed by atoms with Crippen LogP contribution in [0.5, 0.6) is 0 Å². The molecular formula is C9H13NOS. The summed E-state index contributed by atoms with van der Waals surface area (Å²) in [5.41, 5.74) is 1.14. The summed E-state index contributed by atoms with van der Waals surface area (Å²) >= 11 is -1.04. The maximum absolute atomic E-state index is 11.4. The van der Waals surface area contributed by atoms with E-state index in [0.717, 1.165) is 17.0 Å². The fourth-order valence-corrected chi connectivity index (χ4v) is 1.87. The fourth-order valence-electron chi connectivity index (χ4n) is 0.945. The van der Waals surface area contributed by atoms with Gasteiger partial charge in [0.1, 0.15) is 0 Å². The number of rotatable bonds is 3. The summed E-state index contributed by atoms with van der Waals surface area (Å²) in [4.78, 5) is 0.844. The Kier molecular flexibility index (Phi) is 3.59. The highest BCUT2D eigenvalue weighted by molar-refractivity contribution is 7.89. The van der Waals surface area contributed by atoms with Crippen molar-refractivity contribution in [2.75, 3.05) is 6.54 Å². The van der Waals surface area contributed by atoms with E-state index in [9.17, 15) is 4.55 Å². The Morgan fingerprint density at radius 3 is 2.83 bits per heavy atom. The summed E-state index contributed by atoms with van der Waals surface area (Å²) in [6.45, 7) is 4.65. The molecule has 0 saturated heterocycles. The summed E-state index contributed by atoms with van der Waals surface area (Å²) in [5, 5.41) is 0. The highest BCUT2D eigenvalue weighted by Crippen LogP contribution is 2.09. The molecule has 0 saturated carbocycles. The molecule has 0 amide bonds. The molecule has 0 spiro atoms. The van der Waals surface area contributed by atoms with Gasteiger partial charge in [-0.25, -0.2) is 0 Å². The second-order valence-electron chi connectivity index (χ2n) is 2.58. The fraction of sp³-hybridized carbons (Fsp3) is 0.333. The van der Waals surface area contributed by atoms with Crippen molar-refractivity contribution >= 4 is 11.4 Å². The molecule has 0 aliphatic carbocycles. The van der Waals surface area contributed by atoms with E-state index in [1.165, 1.54) is 0 Å². The Balaban J connectivity index is 2.73. The van der Waals surface area contributed by atoms with Crippen LogP contribution >= 0.6 is 0 Å². The second kappa shape index (κ2) is 4.50. The predicted molar refractivity (Wildman–Crippen MR) is 51.3 cm³/mol. The molecule has 0 radical (unpaired) electrons. The number of aryl methyl sites for hydroxylation is 1. The van der Waals surface area contributed by atoms with Crippen LogP contribution in [-0.2, 0) is 11.4 Å². The lowest BCUT2D eigenvalue weighted by Gasteiger charge is -2.08. The van der Waals surface area contributed by atoms with Crippen molar-refractivity contribution in [3.63, 3.8) is 0 Å². The summed E-state index contributed by atoms with van der Waals surface area (Å²) in [6.07, 6.45) is 0. The van der Waals surface area contributed by atoms with Crippen LogP contribution in [0.1, 0.15) is 12.5 Å². The van der Waals surface area contributed by atoms with E-state index in [4.69, 9.17) is 0 Å². The zero-order chi connectivity index (χ0) is 8.97. The Bertz CT molecular complexity index is 252. The molecule has 0 fully saturated rings. The molecule has 1 aromatic rings. The van der Waals surface area contributed by atoms with Crippen molar-refractivity contribution in [2.24, 2.45) is 0 Å². The third kappa shape index (κ3) is 2.52. The number of nitrogens with one attached hydrogen (secondary N) is 1. The molecule has 0 heterocycles. The Morgan fingerprint density at radius 1 is 1.50 bits per heavy atom. The van der Waals surface area contributed by atoms with Crippen LogP contribution in [0.25, 0.3) is 0 Å². The Hall–Kier alpha value is -0.510. The van der Waals surface area contributed by atoms with Crippen LogP contribution in [0.15, 0.2) is 29.2 Å². The van der Waals surface area contributed by atoms with E-state index in [1.807, 2.05) is 38.1 Å². The summed E-state index contributed by atoms with van der Waals surface area (Å²) in [5.74, 6) is 0.